The largest absolute Gasteiger partial charge is 0.323 e. The molecular weight excluding hydrogens is 328 g/mol. The van der Waals surface area contributed by atoms with Gasteiger partial charge in [-0.05, 0) is 42.0 Å². The molecule has 0 radical (unpaired) electrons. The third-order valence-corrected chi connectivity index (χ3v) is 4.68. The molecule has 1 amide bonds. The van der Waals surface area contributed by atoms with Crippen LogP contribution in [0.2, 0.25) is 0 Å². The Morgan fingerprint density at radius 3 is 2.54 bits per heavy atom. The lowest BCUT2D eigenvalue weighted by Crippen LogP contribution is -2.23. The predicted molar refractivity (Wildman–Crippen MR) is 94.3 cm³/mol. The molecule has 0 saturated carbocycles. The van der Waals surface area contributed by atoms with Gasteiger partial charge < -0.3 is 5.32 Å². The normalized spacial score (nSPS) is 12.1. The zero-order valence-electron chi connectivity index (χ0n) is 12.9. The lowest BCUT2D eigenvalue weighted by atomic mass is 10.1. The van der Waals surface area contributed by atoms with Crippen molar-refractivity contribution in [2.75, 3.05) is 5.32 Å². The van der Waals surface area contributed by atoms with E-state index in [-0.39, 0.29) is 11.6 Å². The second kappa shape index (κ2) is 7.01. The van der Waals surface area contributed by atoms with Crippen LogP contribution in [0.3, 0.4) is 0 Å². The molecule has 0 fully saturated rings. The summed E-state index contributed by atoms with van der Waals surface area (Å²) in [4.78, 5) is 13.2. The molecule has 0 unspecified atom stereocenters. The van der Waals surface area contributed by atoms with Gasteiger partial charge in [0.2, 0.25) is 5.91 Å². The van der Waals surface area contributed by atoms with E-state index >= 15 is 0 Å². The minimum absolute atomic E-state index is 0.147. The third kappa shape index (κ3) is 3.74. The van der Waals surface area contributed by atoms with Gasteiger partial charge in [0.1, 0.15) is 11.6 Å². The maximum atomic E-state index is 13.6. The Morgan fingerprint density at radius 2 is 1.75 bits per heavy atom. The van der Waals surface area contributed by atoms with Crippen LogP contribution < -0.4 is 5.32 Å². The van der Waals surface area contributed by atoms with E-state index in [0.29, 0.717) is 0 Å². The SMILES string of the molecule is C[C@H](Sc1ccc2ccccc2c1)C(=O)Nc1cc(F)ccc1F. The number of halogens is 2. The summed E-state index contributed by atoms with van der Waals surface area (Å²) in [6.07, 6.45) is 0. The fourth-order valence-corrected chi connectivity index (χ4v) is 3.24. The second-order valence-electron chi connectivity index (χ2n) is 5.38. The van der Waals surface area contributed by atoms with Crippen molar-refractivity contribution in [3.63, 3.8) is 0 Å². The number of benzene rings is 3. The first-order chi connectivity index (χ1) is 11.5. The Balaban J connectivity index is 1.72. The van der Waals surface area contributed by atoms with E-state index in [2.05, 4.69) is 5.32 Å². The molecule has 0 heterocycles. The number of hydrogen-bond donors (Lipinski definition) is 1. The topological polar surface area (TPSA) is 29.1 Å². The molecule has 0 aliphatic carbocycles. The minimum Gasteiger partial charge on any atom is -0.323 e. The molecule has 122 valence electrons. The van der Waals surface area contributed by atoms with Crippen molar-refractivity contribution in [3.05, 3.63) is 72.3 Å². The van der Waals surface area contributed by atoms with Crippen LogP contribution in [0.1, 0.15) is 6.92 Å². The van der Waals surface area contributed by atoms with Gasteiger partial charge in [-0.1, -0.05) is 30.3 Å². The summed E-state index contributed by atoms with van der Waals surface area (Å²) in [6, 6.07) is 16.9. The van der Waals surface area contributed by atoms with Crippen molar-refractivity contribution in [2.24, 2.45) is 0 Å². The molecule has 0 aromatic heterocycles. The molecule has 5 heteroatoms. The summed E-state index contributed by atoms with van der Waals surface area (Å²) in [5.41, 5.74) is -0.147. The summed E-state index contributed by atoms with van der Waals surface area (Å²) in [7, 11) is 0. The molecule has 0 saturated heterocycles. The summed E-state index contributed by atoms with van der Waals surface area (Å²) in [5, 5.41) is 4.20. The van der Waals surface area contributed by atoms with Gasteiger partial charge in [-0.3, -0.25) is 4.79 Å². The van der Waals surface area contributed by atoms with Gasteiger partial charge in [0.05, 0.1) is 10.9 Å². The van der Waals surface area contributed by atoms with Gasteiger partial charge in [-0.15, -0.1) is 11.8 Å². The molecular formula is C19H15F2NOS. The van der Waals surface area contributed by atoms with E-state index in [4.69, 9.17) is 0 Å². The predicted octanol–water partition coefficient (Wildman–Crippen LogP) is 5.24. The van der Waals surface area contributed by atoms with Crippen LogP contribution in [0.5, 0.6) is 0 Å². The van der Waals surface area contributed by atoms with Crippen molar-refractivity contribution in [1.82, 2.24) is 0 Å². The Bertz CT molecular complexity index is 897. The van der Waals surface area contributed by atoms with Gasteiger partial charge in [0.25, 0.3) is 0 Å². The van der Waals surface area contributed by atoms with Crippen LogP contribution in [0.25, 0.3) is 10.8 Å². The average Bonchev–Trinajstić information content (AvgIpc) is 2.58. The van der Waals surface area contributed by atoms with E-state index in [1.165, 1.54) is 11.8 Å². The second-order valence-corrected chi connectivity index (χ2v) is 6.80. The number of hydrogen-bond acceptors (Lipinski definition) is 2. The standard InChI is InChI=1S/C19H15F2NOS/c1-12(19(23)22-18-11-15(20)7-9-17(18)21)24-16-8-6-13-4-2-3-5-14(13)10-16/h2-12H,1H3,(H,22,23)/t12-/m0/s1. The Labute approximate surface area is 142 Å². The highest BCUT2D eigenvalue weighted by atomic mass is 32.2. The van der Waals surface area contributed by atoms with E-state index in [9.17, 15) is 13.6 Å². The van der Waals surface area contributed by atoms with E-state index < -0.39 is 16.9 Å². The van der Waals surface area contributed by atoms with Crippen LogP contribution in [0.4, 0.5) is 14.5 Å². The molecule has 3 aromatic carbocycles. The first kappa shape index (κ1) is 16.5. The first-order valence-electron chi connectivity index (χ1n) is 7.44. The highest BCUT2D eigenvalue weighted by Crippen LogP contribution is 2.28. The fraction of sp³-hybridized carbons (Fsp3) is 0.105. The summed E-state index contributed by atoms with van der Waals surface area (Å²) in [6.45, 7) is 1.73. The average molecular weight is 343 g/mol. The molecule has 0 aliphatic rings. The van der Waals surface area contributed by atoms with E-state index in [1.54, 1.807) is 6.92 Å². The van der Waals surface area contributed by atoms with Crippen molar-refractivity contribution in [3.8, 4) is 0 Å². The van der Waals surface area contributed by atoms with E-state index in [0.717, 1.165) is 33.9 Å². The van der Waals surface area contributed by atoms with Crippen LogP contribution in [-0.4, -0.2) is 11.2 Å². The van der Waals surface area contributed by atoms with Crippen molar-refractivity contribution >= 4 is 34.1 Å². The van der Waals surface area contributed by atoms with E-state index in [1.807, 2.05) is 42.5 Å². The summed E-state index contributed by atoms with van der Waals surface area (Å²) < 4.78 is 26.8. The number of carbonyl (C=O) groups is 1. The maximum absolute atomic E-state index is 13.6. The number of rotatable bonds is 4. The maximum Gasteiger partial charge on any atom is 0.237 e. The van der Waals surface area contributed by atoms with Gasteiger partial charge in [0.15, 0.2) is 0 Å². The van der Waals surface area contributed by atoms with Crippen LogP contribution in [0, 0.1) is 11.6 Å². The lowest BCUT2D eigenvalue weighted by Gasteiger charge is -2.13. The monoisotopic (exact) mass is 343 g/mol. The number of carbonyl (C=O) groups excluding carboxylic acids is 1. The summed E-state index contributed by atoms with van der Waals surface area (Å²) in [5.74, 6) is -1.63. The van der Waals surface area contributed by atoms with Gasteiger partial charge >= 0.3 is 0 Å². The van der Waals surface area contributed by atoms with Crippen molar-refractivity contribution in [2.45, 2.75) is 17.1 Å². The number of nitrogens with one attached hydrogen (secondary N) is 1. The molecule has 24 heavy (non-hydrogen) atoms. The smallest absolute Gasteiger partial charge is 0.237 e. The zero-order chi connectivity index (χ0) is 17.1. The molecule has 0 bridgehead atoms. The number of thioether (sulfide) groups is 1. The summed E-state index contributed by atoms with van der Waals surface area (Å²) >= 11 is 1.37. The van der Waals surface area contributed by atoms with Crippen molar-refractivity contribution in [1.29, 1.82) is 0 Å². The van der Waals surface area contributed by atoms with Crippen molar-refractivity contribution < 1.29 is 13.6 Å². The first-order valence-corrected chi connectivity index (χ1v) is 8.32. The number of amides is 1. The molecule has 3 rings (SSSR count). The van der Waals surface area contributed by atoms with Crippen LogP contribution in [0.15, 0.2) is 65.6 Å². The molecule has 1 atom stereocenters. The highest BCUT2D eigenvalue weighted by molar-refractivity contribution is 8.00. The zero-order valence-corrected chi connectivity index (χ0v) is 13.7. The highest BCUT2D eigenvalue weighted by Gasteiger charge is 2.16. The van der Waals surface area contributed by atoms with Gasteiger partial charge in [-0.2, -0.15) is 0 Å². The van der Waals surface area contributed by atoms with Gasteiger partial charge in [0, 0.05) is 11.0 Å². The molecule has 1 N–H and O–H groups in total. The number of fused-ring (bicyclic) bond motifs is 1. The van der Waals surface area contributed by atoms with Crippen LogP contribution in [-0.2, 0) is 4.79 Å². The quantitative estimate of drug-likeness (QED) is 0.657. The van der Waals surface area contributed by atoms with Crippen LogP contribution >= 0.6 is 11.8 Å². The van der Waals surface area contributed by atoms with Gasteiger partial charge in [-0.25, -0.2) is 8.78 Å². The fourth-order valence-electron chi connectivity index (χ4n) is 2.33. The molecule has 0 spiro atoms. The minimum atomic E-state index is -0.660. The number of anilines is 1. The molecule has 3 aromatic rings. The Kier molecular flexibility index (Phi) is 4.81. The Hall–Kier alpha value is -2.40. The molecule has 0 aliphatic heterocycles. The lowest BCUT2D eigenvalue weighted by molar-refractivity contribution is -0.115. The molecule has 2 nitrogen and oxygen atoms in total. The third-order valence-electron chi connectivity index (χ3n) is 3.59. The Morgan fingerprint density at radius 1 is 1.00 bits per heavy atom.